The smallest absolute Gasteiger partial charge is 0.246 e. The molecule has 4 rings (SSSR count). The van der Waals surface area contributed by atoms with Crippen molar-refractivity contribution < 1.29 is 9.59 Å². The molecule has 5 nitrogen and oxygen atoms in total. The van der Waals surface area contributed by atoms with Gasteiger partial charge in [-0.2, -0.15) is 0 Å². The van der Waals surface area contributed by atoms with Crippen molar-refractivity contribution in [2.75, 3.05) is 26.2 Å². The van der Waals surface area contributed by atoms with Crippen molar-refractivity contribution in [3.63, 3.8) is 0 Å². The second-order valence-electron chi connectivity index (χ2n) is 8.38. The first-order valence-electron chi connectivity index (χ1n) is 10.8. The lowest BCUT2D eigenvalue weighted by Gasteiger charge is -2.40. The van der Waals surface area contributed by atoms with Crippen LogP contribution < -0.4 is 5.32 Å². The fraction of sp³-hybridized carbons (Fsp3) is 0.565. The quantitative estimate of drug-likeness (QED) is 0.771. The van der Waals surface area contributed by atoms with Crippen molar-refractivity contribution in [1.82, 2.24) is 15.1 Å². The molecule has 3 aliphatic rings. The van der Waals surface area contributed by atoms with Gasteiger partial charge < -0.3 is 10.2 Å². The molecule has 28 heavy (non-hydrogen) atoms. The average Bonchev–Trinajstić information content (AvgIpc) is 3.38. The van der Waals surface area contributed by atoms with E-state index in [0.717, 1.165) is 44.3 Å². The van der Waals surface area contributed by atoms with Gasteiger partial charge in [-0.1, -0.05) is 43.2 Å². The third-order valence-corrected chi connectivity index (χ3v) is 6.28. The maximum Gasteiger partial charge on any atom is 0.246 e. The number of piperazine rings is 1. The van der Waals surface area contributed by atoms with E-state index < -0.39 is 0 Å². The molecule has 3 fully saturated rings. The lowest BCUT2D eigenvalue weighted by atomic mass is 9.95. The van der Waals surface area contributed by atoms with Crippen LogP contribution >= 0.6 is 0 Å². The Morgan fingerprint density at radius 2 is 1.64 bits per heavy atom. The van der Waals surface area contributed by atoms with Crippen LogP contribution in [0.5, 0.6) is 0 Å². The Labute approximate surface area is 167 Å². The summed E-state index contributed by atoms with van der Waals surface area (Å²) in [5.41, 5.74) is 1.03. The van der Waals surface area contributed by atoms with E-state index in [0.29, 0.717) is 25.0 Å². The molecule has 1 atom stereocenters. The second-order valence-corrected chi connectivity index (χ2v) is 8.38. The molecular weight excluding hydrogens is 350 g/mol. The number of nitrogens with one attached hydrogen (secondary N) is 1. The van der Waals surface area contributed by atoms with E-state index in [1.165, 1.54) is 12.8 Å². The van der Waals surface area contributed by atoms with Gasteiger partial charge in [0.1, 0.15) is 0 Å². The number of hydrogen-bond donors (Lipinski definition) is 1. The summed E-state index contributed by atoms with van der Waals surface area (Å²) in [6.45, 7) is 2.95. The highest BCUT2D eigenvalue weighted by Crippen LogP contribution is 2.32. The maximum absolute atomic E-state index is 12.9. The zero-order chi connectivity index (χ0) is 19.3. The molecule has 1 N–H and O–H groups in total. The zero-order valence-corrected chi connectivity index (χ0v) is 16.6. The number of rotatable bonds is 6. The molecule has 1 saturated heterocycles. The lowest BCUT2D eigenvalue weighted by Crippen LogP contribution is -2.58. The maximum atomic E-state index is 12.9. The first-order valence-corrected chi connectivity index (χ1v) is 10.8. The molecule has 1 aliphatic heterocycles. The molecule has 2 aliphatic carbocycles. The first kappa shape index (κ1) is 19.2. The van der Waals surface area contributed by atoms with Gasteiger partial charge in [0, 0.05) is 38.3 Å². The molecule has 1 unspecified atom stereocenters. The molecule has 5 heteroatoms. The van der Waals surface area contributed by atoms with Gasteiger partial charge in [0.15, 0.2) is 0 Å². The summed E-state index contributed by atoms with van der Waals surface area (Å²) < 4.78 is 0. The number of carbonyl (C=O) groups excluding carboxylic acids is 2. The topological polar surface area (TPSA) is 52.7 Å². The first-order chi connectivity index (χ1) is 13.7. The van der Waals surface area contributed by atoms with Gasteiger partial charge in [0.25, 0.3) is 0 Å². The van der Waals surface area contributed by atoms with E-state index in [2.05, 4.69) is 10.2 Å². The van der Waals surface area contributed by atoms with Crippen LogP contribution in [0.3, 0.4) is 0 Å². The Bertz CT molecular complexity index is 700. The molecule has 1 heterocycles. The Hall–Kier alpha value is -2.14. The molecule has 0 radical (unpaired) electrons. The highest BCUT2D eigenvalue weighted by atomic mass is 16.2. The molecule has 2 amide bonds. The van der Waals surface area contributed by atoms with Crippen molar-refractivity contribution in [1.29, 1.82) is 0 Å². The van der Waals surface area contributed by atoms with Crippen molar-refractivity contribution in [3.05, 3.63) is 42.0 Å². The third-order valence-electron chi connectivity index (χ3n) is 6.28. The molecule has 0 aromatic heterocycles. The van der Waals surface area contributed by atoms with E-state index in [1.807, 2.05) is 41.3 Å². The minimum Gasteiger partial charge on any atom is -0.352 e. The van der Waals surface area contributed by atoms with Gasteiger partial charge in [-0.25, -0.2) is 0 Å². The SMILES string of the molecule is O=C(NC1CC1)C(C1CCCC1)N1CCN(C(=O)/C=C/c2ccccc2)CC1. The van der Waals surface area contributed by atoms with Crippen molar-refractivity contribution in [3.8, 4) is 0 Å². The Morgan fingerprint density at radius 1 is 0.964 bits per heavy atom. The Balaban J connectivity index is 1.33. The van der Waals surface area contributed by atoms with Crippen LogP contribution in [-0.2, 0) is 9.59 Å². The van der Waals surface area contributed by atoms with Crippen LogP contribution in [0.25, 0.3) is 6.08 Å². The summed E-state index contributed by atoms with van der Waals surface area (Å²) >= 11 is 0. The molecule has 2 saturated carbocycles. The van der Waals surface area contributed by atoms with Crippen molar-refractivity contribution >= 4 is 17.9 Å². The highest BCUT2D eigenvalue weighted by Gasteiger charge is 2.38. The van der Waals surface area contributed by atoms with Crippen molar-refractivity contribution in [2.45, 2.75) is 50.6 Å². The van der Waals surface area contributed by atoms with Gasteiger partial charge in [-0.15, -0.1) is 0 Å². The summed E-state index contributed by atoms with van der Waals surface area (Å²) in [7, 11) is 0. The number of carbonyl (C=O) groups is 2. The Morgan fingerprint density at radius 3 is 2.29 bits per heavy atom. The van der Waals surface area contributed by atoms with Crippen molar-refractivity contribution in [2.24, 2.45) is 5.92 Å². The van der Waals surface area contributed by atoms with Crippen LogP contribution in [0, 0.1) is 5.92 Å². The molecule has 0 bridgehead atoms. The fourth-order valence-electron chi connectivity index (χ4n) is 4.52. The summed E-state index contributed by atoms with van der Waals surface area (Å²) in [5.74, 6) is 0.750. The van der Waals surface area contributed by atoms with Crippen LogP contribution in [0.1, 0.15) is 44.1 Å². The van der Waals surface area contributed by atoms with Crippen LogP contribution in [0.4, 0.5) is 0 Å². The predicted octanol–water partition coefficient (Wildman–Crippen LogP) is 2.68. The summed E-state index contributed by atoms with van der Waals surface area (Å²) in [5, 5.41) is 3.23. The van der Waals surface area contributed by atoms with Crippen LogP contribution in [0.2, 0.25) is 0 Å². The third kappa shape index (κ3) is 4.82. The average molecular weight is 382 g/mol. The van der Waals surface area contributed by atoms with Gasteiger partial charge in [-0.05, 0) is 43.2 Å². The molecule has 1 aromatic carbocycles. The summed E-state index contributed by atoms with van der Waals surface area (Å²) in [4.78, 5) is 29.7. The van der Waals surface area contributed by atoms with E-state index in [-0.39, 0.29) is 17.9 Å². The van der Waals surface area contributed by atoms with E-state index in [1.54, 1.807) is 6.08 Å². The largest absolute Gasteiger partial charge is 0.352 e. The van der Waals surface area contributed by atoms with Crippen LogP contribution in [0.15, 0.2) is 36.4 Å². The minimum atomic E-state index is -0.0137. The molecule has 1 aromatic rings. The molecule has 150 valence electrons. The predicted molar refractivity (Wildman–Crippen MR) is 111 cm³/mol. The normalized spacial score (nSPS) is 22.5. The fourth-order valence-corrected chi connectivity index (χ4v) is 4.52. The molecular formula is C23H31N3O2. The van der Waals surface area contributed by atoms with E-state index >= 15 is 0 Å². The summed E-state index contributed by atoms with van der Waals surface area (Å²) in [6, 6.07) is 10.3. The highest BCUT2D eigenvalue weighted by molar-refractivity contribution is 5.91. The summed E-state index contributed by atoms with van der Waals surface area (Å²) in [6.07, 6.45) is 10.6. The molecule has 0 spiro atoms. The number of amides is 2. The number of nitrogens with zero attached hydrogens (tertiary/aromatic N) is 2. The monoisotopic (exact) mass is 381 g/mol. The standard InChI is InChI=1S/C23H31N3O2/c27-21(13-10-18-6-2-1-3-7-18)25-14-16-26(17-15-25)22(19-8-4-5-9-19)23(28)24-20-11-12-20/h1-3,6-7,10,13,19-20,22H,4-5,8-9,11-12,14-17H2,(H,24,28)/b13-10+. The second kappa shape index (κ2) is 8.91. The number of benzene rings is 1. The van der Waals surface area contributed by atoms with Gasteiger partial charge in [0.2, 0.25) is 11.8 Å². The van der Waals surface area contributed by atoms with Gasteiger partial charge >= 0.3 is 0 Å². The minimum absolute atomic E-state index is 0.0137. The zero-order valence-electron chi connectivity index (χ0n) is 16.6. The van der Waals surface area contributed by atoms with Crippen LogP contribution in [-0.4, -0.2) is 59.9 Å². The van der Waals surface area contributed by atoms with E-state index in [4.69, 9.17) is 0 Å². The Kier molecular flexibility index (Phi) is 6.10. The number of hydrogen-bond acceptors (Lipinski definition) is 3. The van der Waals surface area contributed by atoms with E-state index in [9.17, 15) is 9.59 Å². The lowest BCUT2D eigenvalue weighted by molar-refractivity contribution is -0.132. The van der Waals surface area contributed by atoms with Gasteiger partial charge in [0.05, 0.1) is 6.04 Å². The van der Waals surface area contributed by atoms with Gasteiger partial charge in [-0.3, -0.25) is 14.5 Å².